The number of nitrogens with zero attached hydrogens (tertiary/aromatic N) is 1. The fourth-order valence-electron chi connectivity index (χ4n) is 4.00. The van der Waals surface area contributed by atoms with Crippen molar-refractivity contribution in [1.82, 2.24) is 4.90 Å². The Hall–Kier alpha value is -2.66. The lowest BCUT2D eigenvalue weighted by atomic mass is 9.96. The first-order valence-electron chi connectivity index (χ1n) is 9.89. The molecule has 0 bridgehead atoms. The molecule has 2 aromatic carbocycles. The maximum Gasteiger partial charge on any atom is 0.260 e. The zero-order chi connectivity index (χ0) is 19.8. The van der Waals surface area contributed by atoms with Gasteiger partial charge in [0.1, 0.15) is 17.7 Å². The highest BCUT2D eigenvalue weighted by atomic mass is 19.1. The molecule has 1 atom stereocenters. The van der Waals surface area contributed by atoms with Crippen LogP contribution in [-0.4, -0.2) is 30.4 Å². The van der Waals surface area contributed by atoms with Gasteiger partial charge in [-0.2, -0.15) is 0 Å². The van der Waals surface area contributed by atoms with Gasteiger partial charge in [-0.25, -0.2) is 4.39 Å². The van der Waals surface area contributed by atoms with E-state index in [0.717, 1.165) is 37.2 Å². The van der Waals surface area contributed by atoms with Crippen LogP contribution in [0.3, 0.4) is 0 Å². The van der Waals surface area contributed by atoms with Crippen LogP contribution >= 0.6 is 0 Å². The Balaban J connectivity index is 1.71. The van der Waals surface area contributed by atoms with Gasteiger partial charge in [0.25, 0.3) is 5.91 Å². The Morgan fingerprint density at radius 2 is 1.89 bits per heavy atom. The van der Waals surface area contributed by atoms with Crippen molar-refractivity contribution >= 4 is 22.9 Å². The molecule has 0 radical (unpaired) electrons. The lowest BCUT2D eigenvalue weighted by Crippen LogP contribution is -2.25. The van der Waals surface area contributed by atoms with E-state index in [4.69, 9.17) is 4.74 Å². The van der Waals surface area contributed by atoms with Gasteiger partial charge in [-0.15, -0.1) is 0 Å². The minimum atomic E-state index is -0.369. The monoisotopic (exact) mass is 380 g/mol. The number of halogens is 1. The van der Waals surface area contributed by atoms with E-state index < -0.39 is 0 Å². The quantitative estimate of drug-likeness (QED) is 0.770. The highest BCUT2D eigenvalue weighted by Crippen LogP contribution is 2.45. The largest absolute Gasteiger partial charge is 0.484 e. The fraction of sp³-hybridized carbons (Fsp3) is 0.348. The van der Waals surface area contributed by atoms with Crippen LogP contribution in [0, 0.1) is 5.82 Å². The molecule has 2 aromatic rings. The molecule has 0 spiro atoms. The molecule has 0 saturated carbocycles. The maximum absolute atomic E-state index is 13.8. The number of likely N-dealkylation sites (N-methyl/N-ethyl adjacent to an activating group) is 1. The molecular formula is C23H25FN2O2. The van der Waals surface area contributed by atoms with E-state index in [9.17, 15) is 9.18 Å². The number of carbonyl (C=O) groups is 1. The summed E-state index contributed by atoms with van der Waals surface area (Å²) in [5.74, 6) is -0.0766. The van der Waals surface area contributed by atoms with Crippen molar-refractivity contribution in [2.24, 2.45) is 0 Å². The Morgan fingerprint density at radius 1 is 1.11 bits per heavy atom. The summed E-state index contributed by atoms with van der Waals surface area (Å²) in [4.78, 5) is 15.0. The number of nitrogens with one attached hydrogen (secondary N) is 1. The summed E-state index contributed by atoms with van der Waals surface area (Å²) in [5, 5.41) is 2.81. The first kappa shape index (κ1) is 18.7. The van der Waals surface area contributed by atoms with Gasteiger partial charge in [0, 0.05) is 28.9 Å². The van der Waals surface area contributed by atoms with Crippen LogP contribution in [0.15, 0.2) is 36.4 Å². The SMILES string of the molecule is CCN(CC)CCc1ccc2c(c1)C(C)OC2=C1C(=O)Nc2ccc(F)cc21. The normalized spacial score (nSPS) is 20.2. The molecule has 0 fully saturated rings. The van der Waals surface area contributed by atoms with E-state index in [1.807, 2.05) is 13.0 Å². The van der Waals surface area contributed by atoms with Gasteiger partial charge in [-0.1, -0.05) is 32.0 Å². The molecule has 2 heterocycles. The number of ether oxygens (including phenoxy) is 1. The van der Waals surface area contributed by atoms with Crippen molar-refractivity contribution in [3.63, 3.8) is 0 Å². The zero-order valence-corrected chi connectivity index (χ0v) is 16.5. The number of fused-ring (bicyclic) bond motifs is 2. The molecule has 1 unspecified atom stereocenters. The number of anilines is 1. The topological polar surface area (TPSA) is 41.6 Å². The van der Waals surface area contributed by atoms with Crippen molar-refractivity contribution in [2.45, 2.75) is 33.3 Å². The van der Waals surface area contributed by atoms with Crippen molar-refractivity contribution in [3.8, 4) is 0 Å². The van der Waals surface area contributed by atoms with E-state index in [2.05, 4.69) is 36.2 Å². The Kier molecular flexibility index (Phi) is 4.94. The van der Waals surface area contributed by atoms with Gasteiger partial charge in [-0.3, -0.25) is 4.79 Å². The molecule has 1 amide bonds. The number of amides is 1. The molecule has 28 heavy (non-hydrogen) atoms. The highest BCUT2D eigenvalue weighted by molar-refractivity contribution is 6.36. The van der Waals surface area contributed by atoms with E-state index in [0.29, 0.717) is 22.6 Å². The molecule has 5 heteroatoms. The van der Waals surface area contributed by atoms with Crippen LogP contribution in [0.5, 0.6) is 0 Å². The summed E-state index contributed by atoms with van der Waals surface area (Å²) in [7, 11) is 0. The summed E-state index contributed by atoms with van der Waals surface area (Å²) in [5.41, 5.74) is 4.85. The molecule has 4 nitrogen and oxygen atoms in total. The van der Waals surface area contributed by atoms with Crippen molar-refractivity contribution < 1.29 is 13.9 Å². The number of hydrogen-bond acceptors (Lipinski definition) is 3. The average molecular weight is 380 g/mol. The summed E-state index contributed by atoms with van der Waals surface area (Å²) < 4.78 is 19.9. The molecule has 146 valence electrons. The van der Waals surface area contributed by atoms with Gasteiger partial charge in [0.2, 0.25) is 0 Å². The van der Waals surface area contributed by atoms with Crippen molar-refractivity contribution in [3.05, 3.63) is 64.5 Å². The summed E-state index contributed by atoms with van der Waals surface area (Å²) in [6.07, 6.45) is 0.832. The Bertz CT molecular complexity index is 963. The average Bonchev–Trinajstić information content (AvgIpc) is 3.18. The minimum absolute atomic E-state index is 0.142. The fourth-order valence-corrected chi connectivity index (χ4v) is 4.00. The number of carbonyl (C=O) groups excluding carboxylic acids is 1. The van der Waals surface area contributed by atoms with Crippen molar-refractivity contribution in [1.29, 1.82) is 0 Å². The first-order chi connectivity index (χ1) is 13.5. The third kappa shape index (κ3) is 3.20. The molecule has 0 aromatic heterocycles. The predicted molar refractivity (Wildman–Crippen MR) is 109 cm³/mol. The summed E-state index contributed by atoms with van der Waals surface area (Å²) in [6.45, 7) is 9.44. The van der Waals surface area contributed by atoms with Gasteiger partial charge in [0.05, 0.1) is 5.57 Å². The zero-order valence-electron chi connectivity index (χ0n) is 16.5. The van der Waals surface area contributed by atoms with E-state index >= 15 is 0 Å². The molecule has 1 N–H and O–H groups in total. The van der Waals surface area contributed by atoms with E-state index in [1.54, 1.807) is 6.07 Å². The van der Waals surface area contributed by atoms with Gasteiger partial charge in [0.15, 0.2) is 0 Å². The Labute approximate surface area is 165 Å². The maximum atomic E-state index is 13.8. The van der Waals surface area contributed by atoms with Crippen LogP contribution in [-0.2, 0) is 16.0 Å². The highest BCUT2D eigenvalue weighted by Gasteiger charge is 2.35. The minimum Gasteiger partial charge on any atom is -0.484 e. The van der Waals surface area contributed by atoms with Crippen LogP contribution in [0.25, 0.3) is 11.3 Å². The molecule has 2 aliphatic rings. The second kappa shape index (κ2) is 7.40. The first-order valence-corrected chi connectivity index (χ1v) is 9.89. The Morgan fingerprint density at radius 3 is 2.64 bits per heavy atom. The second-order valence-electron chi connectivity index (χ2n) is 7.31. The van der Waals surface area contributed by atoms with Crippen LogP contribution in [0.4, 0.5) is 10.1 Å². The van der Waals surface area contributed by atoms with Gasteiger partial charge < -0.3 is 15.0 Å². The molecule has 4 rings (SSSR count). The van der Waals surface area contributed by atoms with Gasteiger partial charge in [-0.05, 0) is 50.2 Å². The van der Waals surface area contributed by atoms with Gasteiger partial charge >= 0.3 is 0 Å². The van der Waals surface area contributed by atoms with Crippen LogP contribution < -0.4 is 5.32 Å². The predicted octanol–water partition coefficient (Wildman–Crippen LogP) is 4.62. The van der Waals surface area contributed by atoms with E-state index in [1.165, 1.54) is 17.7 Å². The third-order valence-electron chi connectivity index (χ3n) is 5.66. The van der Waals surface area contributed by atoms with Crippen LogP contribution in [0.2, 0.25) is 0 Å². The molecule has 0 aliphatic carbocycles. The van der Waals surface area contributed by atoms with E-state index in [-0.39, 0.29) is 17.8 Å². The second-order valence-corrected chi connectivity index (χ2v) is 7.31. The number of benzene rings is 2. The summed E-state index contributed by atoms with van der Waals surface area (Å²) >= 11 is 0. The lowest BCUT2D eigenvalue weighted by Gasteiger charge is -2.18. The number of hydrogen-bond donors (Lipinski definition) is 1. The lowest BCUT2D eigenvalue weighted by molar-refractivity contribution is -0.110. The smallest absolute Gasteiger partial charge is 0.260 e. The summed E-state index contributed by atoms with van der Waals surface area (Å²) in [6, 6.07) is 10.6. The van der Waals surface area contributed by atoms with Crippen molar-refractivity contribution in [2.75, 3.05) is 25.0 Å². The molecule has 2 aliphatic heterocycles. The molecule has 0 saturated heterocycles. The molecular weight excluding hydrogens is 355 g/mol. The third-order valence-corrected chi connectivity index (χ3v) is 5.66. The standard InChI is InChI=1S/C23H25FN2O2/c1-4-26(5-2)11-10-15-6-8-17-18(12-15)14(3)28-22(17)21-19-13-16(24)7-9-20(19)25-23(21)27/h6-9,12-14H,4-5,10-11H2,1-3H3,(H,25,27). The van der Waals surface area contributed by atoms with Crippen LogP contribution in [0.1, 0.15) is 49.1 Å². The number of rotatable bonds is 5.